The van der Waals surface area contributed by atoms with Crippen LogP contribution < -0.4 is 5.56 Å². The Hall–Kier alpha value is -2.11. The molecule has 6 heteroatoms. The second-order valence-corrected chi connectivity index (χ2v) is 3.64. The van der Waals surface area contributed by atoms with Gasteiger partial charge in [0, 0.05) is 6.20 Å². The predicted octanol–water partition coefficient (Wildman–Crippen LogP) is 3.20. The number of halogens is 4. The Morgan fingerprint density at radius 1 is 1.06 bits per heavy atom. The summed E-state index contributed by atoms with van der Waals surface area (Å²) in [6, 6.07) is 5.81. The van der Waals surface area contributed by atoms with E-state index in [0.29, 0.717) is 6.07 Å². The van der Waals surface area contributed by atoms with Crippen LogP contribution in [0.5, 0.6) is 0 Å². The molecule has 0 atom stereocenters. The average molecular weight is 257 g/mol. The Balaban J connectivity index is 2.58. The molecule has 0 saturated heterocycles. The Bertz CT molecular complexity index is 630. The maximum Gasteiger partial charge on any atom is 0.421 e. The van der Waals surface area contributed by atoms with Crippen LogP contribution in [0.25, 0.3) is 11.1 Å². The summed E-state index contributed by atoms with van der Waals surface area (Å²) in [5.41, 5.74) is -2.16. The summed E-state index contributed by atoms with van der Waals surface area (Å²) in [5.74, 6) is -0.563. The Morgan fingerprint density at radius 2 is 1.78 bits per heavy atom. The third-order valence-electron chi connectivity index (χ3n) is 2.37. The molecule has 0 spiro atoms. The molecule has 1 aromatic carbocycles. The minimum absolute atomic E-state index is 0.0985. The summed E-state index contributed by atoms with van der Waals surface area (Å²) in [6.07, 6.45) is -3.62. The SMILES string of the molecule is O=c1[nH]cc(-c2cccc(F)c2)cc1C(F)(F)F. The van der Waals surface area contributed by atoms with E-state index in [1.807, 2.05) is 4.98 Å². The van der Waals surface area contributed by atoms with Gasteiger partial charge in [-0.15, -0.1) is 0 Å². The lowest BCUT2D eigenvalue weighted by atomic mass is 10.1. The van der Waals surface area contributed by atoms with Crippen molar-refractivity contribution in [1.29, 1.82) is 0 Å². The Morgan fingerprint density at radius 3 is 2.39 bits per heavy atom. The van der Waals surface area contributed by atoms with Gasteiger partial charge in [0.1, 0.15) is 11.4 Å². The third-order valence-corrected chi connectivity index (χ3v) is 2.37. The molecule has 0 saturated carbocycles. The second kappa shape index (κ2) is 4.29. The minimum Gasteiger partial charge on any atom is -0.328 e. The predicted molar refractivity (Wildman–Crippen MR) is 57.5 cm³/mol. The van der Waals surface area contributed by atoms with Crippen molar-refractivity contribution in [2.45, 2.75) is 6.18 Å². The first-order valence-corrected chi connectivity index (χ1v) is 4.94. The highest BCUT2D eigenvalue weighted by Crippen LogP contribution is 2.29. The van der Waals surface area contributed by atoms with E-state index in [0.717, 1.165) is 12.3 Å². The van der Waals surface area contributed by atoms with Gasteiger partial charge in [-0.05, 0) is 29.3 Å². The molecule has 2 rings (SSSR count). The van der Waals surface area contributed by atoms with E-state index in [1.165, 1.54) is 18.2 Å². The molecule has 2 aromatic rings. The number of rotatable bonds is 1. The number of aromatic nitrogens is 1. The maximum absolute atomic E-state index is 13.0. The highest BCUT2D eigenvalue weighted by molar-refractivity contribution is 5.63. The number of aromatic amines is 1. The maximum atomic E-state index is 13.0. The lowest BCUT2D eigenvalue weighted by Crippen LogP contribution is -2.20. The normalized spacial score (nSPS) is 11.6. The zero-order valence-corrected chi connectivity index (χ0v) is 8.88. The lowest BCUT2D eigenvalue weighted by Gasteiger charge is -2.07. The molecular formula is C12H7F4NO. The van der Waals surface area contributed by atoms with Crippen LogP contribution >= 0.6 is 0 Å². The molecule has 18 heavy (non-hydrogen) atoms. The first kappa shape index (κ1) is 12.3. The Kier molecular flexibility index (Phi) is 2.94. The van der Waals surface area contributed by atoms with Crippen molar-refractivity contribution < 1.29 is 17.6 Å². The van der Waals surface area contributed by atoms with Crippen LogP contribution in [0.3, 0.4) is 0 Å². The van der Waals surface area contributed by atoms with Gasteiger partial charge in [0.25, 0.3) is 5.56 Å². The van der Waals surface area contributed by atoms with Gasteiger partial charge < -0.3 is 4.98 Å². The van der Waals surface area contributed by atoms with Gasteiger partial charge in [0.2, 0.25) is 0 Å². The van der Waals surface area contributed by atoms with Gasteiger partial charge >= 0.3 is 6.18 Å². The minimum atomic E-state index is -4.74. The number of H-pyrrole nitrogens is 1. The number of nitrogens with one attached hydrogen (secondary N) is 1. The van der Waals surface area contributed by atoms with Crippen molar-refractivity contribution in [2.24, 2.45) is 0 Å². The fourth-order valence-corrected chi connectivity index (χ4v) is 1.53. The molecule has 0 aliphatic heterocycles. The first-order valence-electron chi connectivity index (χ1n) is 4.94. The van der Waals surface area contributed by atoms with Crippen molar-refractivity contribution in [1.82, 2.24) is 4.98 Å². The van der Waals surface area contributed by atoms with Crippen molar-refractivity contribution >= 4 is 0 Å². The molecule has 2 nitrogen and oxygen atoms in total. The summed E-state index contributed by atoms with van der Waals surface area (Å²) in [4.78, 5) is 13.1. The van der Waals surface area contributed by atoms with Crippen LogP contribution in [-0.4, -0.2) is 4.98 Å². The zero-order valence-electron chi connectivity index (χ0n) is 8.88. The monoisotopic (exact) mass is 257 g/mol. The quantitative estimate of drug-likeness (QED) is 0.782. The summed E-state index contributed by atoms with van der Waals surface area (Å²) in [7, 11) is 0. The van der Waals surface area contributed by atoms with Crippen molar-refractivity contribution in [3.05, 3.63) is 58.3 Å². The Labute approximate surface area is 98.9 Å². The van der Waals surface area contributed by atoms with Crippen LogP contribution in [0.2, 0.25) is 0 Å². The zero-order chi connectivity index (χ0) is 13.3. The molecule has 0 radical (unpaired) electrons. The summed E-state index contributed by atoms with van der Waals surface area (Å²) in [6.45, 7) is 0. The van der Waals surface area contributed by atoms with Gasteiger partial charge in [-0.1, -0.05) is 12.1 Å². The van der Waals surface area contributed by atoms with E-state index in [9.17, 15) is 22.4 Å². The number of pyridine rings is 1. The molecule has 0 unspecified atom stereocenters. The summed E-state index contributed by atoms with van der Waals surface area (Å²) in [5, 5.41) is 0. The van der Waals surface area contributed by atoms with Crippen LogP contribution in [-0.2, 0) is 6.18 Å². The fourth-order valence-electron chi connectivity index (χ4n) is 1.53. The van der Waals surface area contributed by atoms with E-state index >= 15 is 0 Å². The van der Waals surface area contributed by atoms with E-state index in [-0.39, 0.29) is 11.1 Å². The lowest BCUT2D eigenvalue weighted by molar-refractivity contribution is -0.138. The standard InChI is InChI=1S/C12H7F4NO/c13-9-3-1-2-7(4-9)8-5-10(12(14,15)16)11(18)17-6-8/h1-6H,(H,17,18). The van der Waals surface area contributed by atoms with Crippen molar-refractivity contribution in [3.63, 3.8) is 0 Å². The van der Waals surface area contributed by atoms with Crippen LogP contribution in [0.15, 0.2) is 41.3 Å². The molecule has 0 aliphatic carbocycles. The second-order valence-electron chi connectivity index (χ2n) is 3.64. The first-order chi connectivity index (χ1) is 8.38. The fraction of sp³-hybridized carbons (Fsp3) is 0.0833. The number of hydrogen-bond acceptors (Lipinski definition) is 1. The number of alkyl halides is 3. The van der Waals surface area contributed by atoms with E-state index in [2.05, 4.69) is 0 Å². The van der Waals surface area contributed by atoms with Crippen molar-refractivity contribution in [2.75, 3.05) is 0 Å². The third kappa shape index (κ3) is 2.42. The van der Waals surface area contributed by atoms with Gasteiger partial charge in [-0.2, -0.15) is 13.2 Å². The van der Waals surface area contributed by atoms with E-state index in [4.69, 9.17) is 0 Å². The smallest absolute Gasteiger partial charge is 0.328 e. The molecule has 1 aromatic heterocycles. The molecule has 1 N–H and O–H groups in total. The average Bonchev–Trinajstić information content (AvgIpc) is 2.28. The molecule has 0 amide bonds. The van der Waals surface area contributed by atoms with Crippen LogP contribution in [0.1, 0.15) is 5.56 Å². The molecule has 0 aliphatic rings. The molecule has 0 fully saturated rings. The van der Waals surface area contributed by atoms with Gasteiger partial charge in [-0.25, -0.2) is 4.39 Å². The van der Waals surface area contributed by atoms with E-state index in [1.54, 1.807) is 0 Å². The van der Waals surface area contributed by atoms with Gasteiger partial charge in [-0.3, -0.25) is 4.79 Å². The topological polar surface area (TPSA) is 32.9 Å². The summed E-state index contributed by atoms with van der Waals surface area (Å²) < 4.78 is 50.6. The van der Waals surface area contributed by atoms with Gasteiger partial charge in [0.05, 0.1) is 0 Å². The number of benzene rings is 1. The summed E-state index contributed by atoms with van der Waals surface area (Å²) >= 11 is 0. The highest BCUT2D eigenvalue weighted by Gasteiger charge is 2.34. The number of hydrogen-bond donors (Lipinski definition) is 1. The highest BCUT2D eigenvalue weighted by atomic mass is 19.4. The molecule has 1 heterocycles. The van der Waals surface area contributed by atoms with Gasteiger partial charge in [0.15, 0.2) is 0 Å². The molecule has 0 bridgehead atoms. The van der Waals surface area contributed by atoms with E-state index < -0.39 is 23.1 Å². The van der Waals surface area contributed by atoms with Crippen molar-refractivity contribution in [3.8, 4) is 11.1 Å². The van der Waals surface area contributed by atoms with Crippen LogP contribution in [0, 0.1) is 5.82 Å². The molecular weight excluding hydrogens is 250 g/mol. The molecule has 94 valence electrons. The van der Waals surface area contributed by atoms with Crippen LogP contribution in [0.4, 0.5) is 17.6 Å². The largest absolute Gasteiger partial charge is 0.421 e.